The smallest absolute Gasteiger partial charge is 0.261 e. The zero-order valence-corrected chi connectivity index (χ0v) is 19.3. The number of aryl methyl sites for hydroxylation is 3. The van der Waals surface area contributed by atoms with E-state index in [1.54, 1.807) is 12.1 Å². The van der Waals surface area contributed by atoms with Gasteiger partial charge in [0.2, 0.25) is 0 Å². The van der Waals surface area contributed by atoms with Gasteiger partial charge in [0, 0.05) is 17.4 Å². The number of hydrogen-bond acceptors (Lipinski definition) is 3. The first kappa shape index (κ1) is 21.0. The monoisotopic (exact) mass is 425 g/mol. The third-order valence-electron chi connectivity index (χ3n) is 6.98. The highest BCUT2D eigenvalue weighted by Gasteiger charge is 2.33. The summed E-state index contributed by atoms with van der Waals surface area (Å²) < 4.78 is 34.8. The van der Waals surface area contributed by atoms with Gasteiger partial charge in [-0.15, -0.1) is 0 Å². The number of furan rings is 1. The molecule has 0 saturated heterocycles. The first-order chi connectivity index (χ1) is 14.1. The number of benzene rings is 2. The van der Waals surface area contributed by atoms with Gasteiger partial charge in [0.1, 0.15) is 11.3 Å². The number of hydrogen-bond donors (Lipinski definition) is 1. The van der Waals surface area contributed by atoms with Gasteiger partial charge in [0.25, 0.3) is 10.0 Å². The fourth-order valence-corrected chi connectivity index (χ4v) is 5.53. The van der Waals surface area contributed by atoms with E-state index in [-0.39, 0.29) is 10.3 Å². The van der Waals surface area contributed by atoms with Crippen LogP contribution in [0, 0.1) is 25.2 Å². The second kappa shape index (κ2) is 7.45. The molecule has 1 aromatic heterocycles. The normalized spacial score (nSPS) is 17.2. The minimum Gasteiger partial charge on any atom is -0.461 e. The van der Waals surface area contributed by atoms with Gasteiger partial charge in [-0.3, -0.25) is 4.72 Å². The van der Waals surface area contributed by atoms with Crippen LogP contribution in [0.4, 0.5) is 5.69 Å². The van der Waals surface area contributed by atoms with Gasteiger partial charge in [0.05, 0.1) is 10.6 Å². The Bertz CT molecular complexity index is 1190. The van der Waals surface area contributed by atoms with E-state index in [0.29, 0.717) is 11.6 Å². The molecule has 0 amide bonds. The molecule has 160 valence electrons. The topological polar surface area (TPSA) is 59.3 Å². The Hall–Kier alpha value is -2.27. The van der Waals surface area contributed by atoms with Crippen LogP contribution in [0.3, 0.4) is 0 Å². The maximum Gasteiger partial charge on any atom is 0.261 e. The predicted molar refractivity (Wildman–Crippen MR) is 123 cm³/mol. The summed E-state index contributed by atoms with van der Waals surface area (Å²) in [6, 6.07) is 10.8. The number of rotatable bonds is 5. The van der Waals surface area contributed by atoms with Gasteiger partial charge in [-0.05, 0) is 67.9 Å². The molecule has 0 fully saturated rings. The first-order valence-corrected chi connectivity index (χ1v) is 12.2. The fourth-order valence-electron chi connectivity index (χ4n) is 4.41. The molecule has 1 aliphatic rings. The van der Waals surface area contributed by atoms with E-state index < -0.39 is 10.0 Å². The third kappa shape index (κ3) is 3.76. The molecule has 4 rings (SSSR count). The predicted octanol–water partition coefficient (Wildman–Crippen LogP) is 6.39. The summed E-state index contributed by atoms with van der Waals surface area (Å²) in [5.74, 6) is 1.66. The standard InChI is InChI=1S/C25H31NO3S/c1-6-25(4,5)18-9-12-23-20(14-18)21-15-22(17(3)13-24(21)29-23)26-30(27,28)19-10-7-16(2)8-11-19/h7-8,10-11,13,15,18,26H,6,9,12,14H2,1-5H3/t18-/m1/s1. The highest BCUT2D eigenvalue weighted by molar-refractivity contribution is 7.92. The SMILES string of the molecule is CCC(C)(C)[C@@H]1CCc2oc3cc(C)c(NS(=O)(=O)c4ccc(C)cc4)cc3c2C1. The maximum absolute atomic E-state index is 12.9. The van der Waals surface area contributed by atoms with Crippen molar-refractivity contribution < 1.29 is 12.8 Å². The van der Waals surface area contributed by atoms with Crippen molar-refractivity contribution in [2.45, 2.75) is 65.2 Å². The lowest BCUT2D eigenvalue weighted by molar-refractivity contribution is 0.179. The highest BCUT2D eigenvalue weighted by atomic mass is 32.2. The van der Waals surface area contributed by atoms with Crippen molar-refractivity contribution in [1.82, 2.24) is 0 Å². The first-order valence-electron chi connectivity index (χ1n) is 10.7. The van der Waals surface area contributed by atoms with Crippen molar-refractivity contribution in [2.24, 2.45) is 11.3 Å². The minimum atomic E-state index is -3.64. The van der Waals surface area contributed by atoms with Crippen LogP contribution < -0.4 is 4.72 Å². The maximum atomic E-state index is 12.9. The Morgan fingerprint density at radius 3 is 2.50 bits per heavy atom. The molecule has 1 N–H and O–H groups in total. The lowest BCUT2D eigenvalue weighted by atomic mass is 9.69. The minimum absolute atomic E-state index is 0.270. The summed E-state index contributed by atoms with van der Waals surface area (Å²) in [6.45, 7) is 10.8. The molecule has 30 heavy (non-hydrogen) atoms. The van der Waals surface area contributed by atoms with E-state index in [0.717, 1.165) is 53.5 Å². The molecule has 3 aromatic rings. The zero-order valence-electron chi connectivity index (χ0n) is 18.5. The van der Waals surface area contributed by atoms with Crippen molar-refractivity contribution >= 4 is 26.7 Å². The molecular weight excluding hydrogens is 394 g/mol. The van der Waals surface area contributed by atoms with Crippen molar-refractivity contribution in [1.29, 1.82) is 0 Å². The number of fused-ring (bicyclic) bond motifs is 3. The van der Waals surface area contributed by atoms with Crippen LogP contribution in [-0.4, -0.2) is 8.42 Å². The summed E-state index contributed by atoms with van der Waals surface area (Å²) in [5.41, 5.74) is 4.88. The van der Waals surface area contributed by atoms with Crippen molar-refractivity contribution in [2.75, 3.05) is 4.72 Å². The number of nitrogens with one attached hydrogen (secondary N) is 1. The van der Waals surface area contributed by atoms with Gasteiger partial charge >= 0.3 is 0 Å². The number of anilines is 1. The fraction of sp³-hybridized carbons (Fsp3) is 0.440. The van der Waals surface area contributed by atoms with Gasteiger partial charge in [-0.25, -0.2) is 8.42 Å². The summed E-state index contributed by atoms with van der Waals surface area (Å²) in [5, 5.41) is 1.04. The van der Waals surface area contributed by atoms with Crippen LogP contribution in [0.5, 0.6) is 0 Å². The molecule has 0 aliphatic heterocycles. The molecule has 1 aliphatic carbocycles. The van der Waals surface area contributed by atoms with Crippen LogP contribution in [0.2, 0.25) is 0 Å². The third-order valence-corrected chi connectivity index (χ3v) is 8.37. The van der Waals surface area contributed by atoms with Crippen molar-refractivity contribution in [3.05, 3.63) is 58.8 Å². The largest absolute Gasteiger partial charge is 0.461 e. The highest BCUT2D eigenvalue weighted by Crippen LogP contribution is 2.43. The molecule has 2 aromatic carbocycles. The average Bonchev–Trinajstić information content (AvgIpc) is 3.05. The summed E-state index contributed by atoms with van der Waals surface area (Å²) >= 11 is 0. The molecule has 1 atom stereocenters. The van der Waals surface area contributed by atoms with E-state index >= 15 is 0 Å². The van der Waals surface area contributed by atoms with Crippen LogP contribution in [-0.2, 0) is 22.9 Å². The van der Waals surface area contributed by atoms with E-state index in [1.807, 2.05) is 38.1 Å². The zero-order chi connectivity index (χ0) is 21.7. The molecule has 0 unspecified atom stereocenters. The Labute approximate surface area is 179 Å². The molecule has 5 heteroatoms. The Kier molecular flexibility index (Phi) is 5.21. The van der Waals surface area contributed by atoms with Crippen LogP contribution >= 0.6 is 0 Å². The van der Waals surface area contributed by atoms with Crippen LogP contribution in [0.25, 0.3) is 11.0 Å². The lowest BCUT2D eigenvalue weighted by Gasteiger charge is -2.36. The second-order valence-corrected chi connectivity index (χ2v) is 11.0. The average molecular weight is 426 g/mol. The summed E-state index contributed by atoms with van der Waals surface area (Å²) in [4.78, 5) is 0.270. The Morgan fingerprint density at radius 1 is 1.13 bits per heavy atom. The van der Waals surface area contributed by atoms with E-state index in [1.165, 1.54) is 5.56 Å². The molecule has 0 saturated carbocycles. The Morgan fingerprint density at radius 2 is 1.83 bits per heavy atom. The van der Waals surface area contributed by atoms with Gasteiger partial charge in [-0.2, -0.15) is 0 Å². The number of sulfonamides is 1. The molecule has 0 radical (unpaired) electrons. The molecule has 0 bridgehead atoms. The van der Waals surface area contributed by atoms with Crippen molar-refractivity contribution in [3.63, 3.8) is 0 Å². The molecular formula is C25H31NO3S. The van der Waals surface area contributed by atoms with Crippen LogP contribution in [0.1, 0.15) is 56.1 Å². The molecule has 4 nitrogen and oxygen atoms in total. The molecule has 0 spiro atoms. The second-order valence-electron chi connectivity index (χ2n) is 9.37. The van der Waals surface area contributed by atoms with Crippen molar-refractivity contribution in [3.8, 4) is 0 Å². The van der Waals surface area contributed by atoms with Crippen LogP contribution in [0.15, 0.2) is 45.7 Å². The van der Waals surface area contributed by atoms with Gasteiger partial charge in [-0.1, -0.05) is 44.9 Å². The van der Waals surface area contributed by atoms with Gasteiger partial charge in [0.15, 0.2) is 0 Å². The van der Waals surface area contributed by atoms with E-state index in [2.05, 4.69) is 25.5 Å². The lowest BCUT2D eigenvalue weighted by Crippen LogP contribution is -2.28. The summed E-state index contributed by atoms with van der Waals surface area (Å²) in [6.07, 6.45) is 4.21. The Balaban J connectivity index is 1.72. The van der Waals surface area contributed by atoms with Gasteiger partial charge < -0.3 is 4.42 Å². The quantitative estimate of drug-likeness (QED) is 0.515. The van der Waals surface area contributed by atoms with E-state index in [4.69, 9.17) is 4.42 Å². The van der Waals surface area contributed by atoms with E-state index in [9.17, 15) is 8.42 Å². The molecule has 1 heterocycles. The summed E-state index contributed by atoms with van der Waals surface area (Å²) in [7, 11) is -3.64.